The van der Waals surface area contributed by atoms with Crippen LogP contribution in [0.3, 0.4) is 0 Å². The summed E-state index contributed by atoms with van der Waals surface area (Å²) in [4.78, 5) is 0. The number of rotatable bonds is 32. The molecule has 0 aromatic rings. The predicted octanol–water partition coefficient (Wildman–Crippen LogP) is 7.60. The van der Waals surface area contributed by atoms with Gasteiger partial charge in [-0.1, -0.05) is 81.1 Å². The van der Waals surface area contributed by atoms with Gasteiger partial charge >= 0.3 is 34.2 Å². The maximum atomic E-state index is 7.44. The summed E-state index contributed by atoms with van der Waals surface area (Å²) in [6.07, 6.45) is 10.1. The first-order valence-electron chi connectivity index (χ1n) is 17.2. The van der Waals surface area contributed by atoms with Crippen molar-refractivity contribution in [2.75, 3.05) is 65.6 Å². The zero-order chi connectivity index (χ0) is 32.5. The third-order valence-electron chi connectivity index (χ3n) is 7.87. The maximum absolute atomic E-state index is 7.44. The van der Waals surface area contributed by atoms with Crippen LogP contribution in [-0.2, 0) is 40.1 Å². The van der Waals surface area contributed by atoms with Crippen molar-refractivity contribution < 1.29 is 40.1 Å². The van der Waals surface area contributed by atoms with E-state index in [0.717, 1.165) is 63.5 Å². The highest BCUT2D eigenvalue weighted by molar-refractivity contribution is 6.89. The number of ether oxygens (including phenoxy) is 4. The van der Waals surface area contributed by atoms with Gasteiger partial charge in [-0.25, -0.2) is 0 Å². The molecular weight excluding hydrogens is 617 g/mol. The molecule has 0 saturated carbocycles. The van der Waals surface area contributed by atoms with Crippen LogP contribution < -0.4 is 0 Å². The van der Waals surface area contributed by atoms with Crippen molar-refractivity contribution in [3.63, 3.8) is 0 Å². The van der Waals surface area contributed by atoms with E-state index in [1.165, 1.54) is 0 Å². The second-order valence-electron chi connectivity index (χ2n) is 11.4. The topological polar surface area (TPSA) is 83.1 Å². The molecule has 0 amide bonds. The molecule has 0 fully saturated rings. The fourth-order valence-corrected chi connectivity index (χ4v) is 22.7. The lowest BCUT2D eigenvalue weighted by Crippen LogP contribution is -2.68. The summed E-state index contributed by atoms with van der Waals surface area (Å²) in [7, 11) is -8.10. The van der Waals surface area contributed by atoms with Crippen LogP contribution in [0.5, 0.6) is 0 Å². The van der Waals surface area contributed by atoms with Gasteiger partial charge in [0.15, 0.2) is 0 Å². The minimum Gasteiger partial charge on any atom is -0.413 e. The van der Waals surface area contributed by atoms with Crippen molar-refractivity contribution in [2.45, 2.75) is 131 Å². The molecule has 0 aromatic carbocycles. The summed E-state index contributed by atoms with van der Waals surface area (Å²) in [5.41, 5.74) is 0. The number of hydrogen-bond acceptors (Lipinski definition) is 9. The van der Waals surface area contributed by atoms with Crippen LogP contribution in [0, 0.1) is 0 Å². The van der Waals surface area contributed by atoms with Gasteiger partial charge in [-0.05, 0) is 49.9 Å². The first-order valence-corrected chi connectivity index (χ1v) is 26.2. The van der Waals surface area contributed by atoms with E-state index in [1.807, 2.05) is 0 Å². The summed E-state index contributed by atoms with van der Waals surface area (Å²) >= 11 is 0. The lowest BCUT2D eigenvalue weighted by molar-refractivity contribution is 0.0949. The Kier molecular flexibility index (Phi) is 25.9. The first-order chi connectivity index (χ1) is 20.7. The van der Waals surface area contributed by atoms with Crippen molar-refractivity contribution in [2.24, 2.45) is 0 Å². The van der Waals surface area contributed by atoms with Crippen LogP contribution in [0.25, 0.3) is 0 Å². The molecule has 9 nitrogen and oxygen atoms in total. The zero-order valence-corrected chi connectivity index (χ0v) is 33.8. The molecule has 43 heavy (non-hydrogen) atoms. The predicted molar refractivity (Wildman–Crippen MR) is 185 cm³/mol. The molecule has 0 radical (unpaired) electrons. The quantitative estimate of drug-likeness (QED) is 0.0525. The van der Waals surface area contributed by atoms with Crippen LogP contribution in [0.4, 0.5) is 0 Å². The monoisotopic (exact) mass is 686 g/mol. The summed E-state index contributed by atoms with van der Waals surface area (Å²) < 4.78 is 59.3. The Hall–Kier alpha value is 0.508. The van der Waals surface area contributed by atoms with Crippen LogP contribution in [0.15, 0.2) is 0 Å². The maximum Gasteiger partial charge on any atom is 0.355 e. The highest BCUT2D eigenvalue weighted by Gasteiger charge is 2.56. The number of unbranched alkanes of at least 4 members (excludes halogenated alkanes) is 4. The Morgan fingerprint density at radius 2 is 0.581 bits per heavy atom. The lowest BCUT2D eigenvalue weighted by Gasteiger charge is -2.46. The summed E-state index contributed by atoms with van der Waals surface area (Å²) in [5, 5.41) is 0. The Labute approximate surface area is 270 Å². The summed E-state index contributed by atoms with van der Waals surface area (Å²) in [6, 6.07) is 2.93. The minimum absolute atomic E-state index is 0.421. The molecule has 0 bridgehead atoms. The fourth-order valence-electron chi connectivity index (χ4n) is 4.46. The molecule has 0 spiro atoms. The molecular formula is C30H70O9Si4. The zero-order valence-electron chi connectivity index (χ0n) is 29.8. The van der Waals surface area contributed by atoms with Gasteiger partial charge < -0.3 is 40.1 Å². The molecule has 4 unspecified atom stereocenters. The second kappa shape index (κ2) is 25.6. The molecule has 0 heterocycles. The van der Waals surface area contributed by atoms with Gasteiger partial charge in [-0.3, -0.25) is 0 Å². The smallest absolute Gasteiger partial charge is 0.355 e. The minimum atomic E-state index is -3.04. The van der Waals surface area contributed by atoms with Crippen LogP contribution in [0.1, 0.15) is 107 Å². The van der Waals surface area contributed by atoms with Crippen molar-refractivity contribution in [1.82, 2.24) is 0 Å². The third kappa shape index (κ3) is 16.8. The largest absolute Gasteiger partial charge is 0.413 e. The van der Waals surface area contributed by atoms with E-state index in [-0.39, 0.29) is 0 Å². The van der Waals surface area contributed by atoms with Crippen molar-refractivity contribution in [1.29, 1.82) is 0 Å². The van der Waals surface area contributed by atoms with Gasteiger partial charge in [-0.2, -0.15) is 0 Å². The summed E-state index contributed by atoms with van der Waals surface area (Å²) in [5.74, 6) is 0. The summed E-state index contributed by atoms with van der Waals surface area (Å²) in [6.45, 7) is 20.0. The lowest BCUT2D eigenvalue weighted by atomic mass is 10.4. The van der Waals surface area contributed by atoms with E-state index in [4.69, 9.17) is 40.1 Å². The van der Waals surface area contributed by atoms with E-state index in [1.54, 1.807) is 14.2 Å². The van der Waals surface area contributed by atoms with Gasteiger partial charge in [0.1, 0.15) is 0 Å². The average Bonchev–Trinajstić information content (AvgIpc) is 3.04. The van der Waals surface area contributed by atoms with E-state index >= 15 is 0 Å². The van der Waals surface area contributed by atoms with Gasteiger partial charge in [0.25, 0.3) is 0 Å². The van der Waals surface area contributed by atoms with E-state index in [9.17, 15) is 0 Å². The Bertz CT molecular complexity index is 593. The molecule has 260 valence electrons. The second-order valence-corrected chi connectivity index (χ2v) is 25.9. The fraction of sp³-hybridized carbons (Fsp3) is 1.00. The van der Waals surface area contributed by atoms with Gasteiger partial charge in [0.2, 0.25) is 0 Å². The van der Waals surface area contributed by atoms with Crippen molar-refractivity contribution >= 4 is 34.2 Å². The molecule has 0 aliphatic rings. The Morgan fingerprint density at radius 1 is 0.349 bits per heavy atom. The Morgan fingerprint density at radius 3 is 0.791 bits per heavy atom. The SMILES string of the molecule is CCCCOC[Si](CC)(OC)O[Si](CC)(COCCCC)O[Si](CC)(COCCCC)O[Si](CC)(COCCCC)OC. The molecule has 0 aliphatic heterocycles. The molecule has 4 atom stereocenters. The third-order valence-corrected chi connectivity index (χ3v) is 25.2. The highest BCUT2D eigenvalue weighted by atomic mass is 28.5. The van der Waals surface area contributed by atoms with Gasteiger partial charge in [0, 0.05) is 40.6 Å². The van der Waals surface area contributed by atoms with Gasteiger partial charge in [-0.15, -0.1) is 0 Å². The molecule has 0 aromatic heterocycles. The van der Waals surface area contributed by atoms with Crippen LogP contribution >= 0.6 is 0 Å². The Balaban J connectivity index is 6.60. The molecule has 0 N–H and O–H groups in total. The van der Waals surface area contributed by atoms with Crippen LogP contribution in [-0.4, -0.2) is 99.8 Å². The van der Waals surface area contributed by atoms with Crippen molar-refractivity contribution in [3.05, 3.63) is 0 Å². The van der Waals surface area contributed by atoms with Crippen molar-refractivity contribution in [3.8, 4) is 0 Å². The van der Waals surface area contributed by atoms with Crippen LogP contribution in [0.2, 0.25) is 24.2 Å². The van der Waals surface area contributed by atoms with E-state index in [0.29, 0.717) is 63.4 Å². The highest BCUT2D eigenvalue weighted by Crippen LogP contribution is 2.32. The average molecular weight is 687 g/mol. The normalized spacial score (nSPS) is 17.7. The molecule has 0 aliphatic carbocycles. The van der Waals surface area contributed by atoms with E-state index in [2.05, 4.69) is 55.4 Å². The molecule has 0 saturated heterocycles. The first kappa shape index (κ1) is 43.5. The molecule has 13 heteroatoms. The molecule has 0 rings (SSSR count). The number of hydrogen-bond donors (Lipinski definition) is 0. The van der Waals surface area contributed by atoms with Gasteiger partial charge in [0.05, 0.1) is 24.9 Å². The van der Waals surface area contributed by atoms with E-state index < -0.39 is 34.2 Å². The standard InChI is InChI=1S/C30H70O9Si4/c1-11-19-23-33-27-40(15-5,31-9)37-42(17-7,29-35-25-21-13-3)39-43(18-8,30-36-26-22-14-4)38-41(16-6,32-10)28-34-24-20-12-2/h11-30H2,1-10H3.